The van der Waals surface area contributed by atoms with Gasteiger partial charge in [-0.2, -0.15) is 0 Å². The van der Waals surface area contributed by atoms with E-state index in [1.165, 1.54) is 263 Å². The van der Waals surface area contributed by atoms with Gasteiger partial charge in [0.05, 0.1) is 34.4 Å². The topological polar surface area (TPSA) is 108 Å². The number of ether oxygens (including phenoxy) is 4. The summed E-state index contributed by atoms with van der Waals surface area (Å²) in [4.78, 5) is 37.8. The average molecular weight is 1330 g/mol. The quantitative estimate of drug-likeness (QED) is 0.0211. The molecule has 0 saturated carbocycles. The van der Waals surface area contributed by atoms with Gasteiger partial charge < -0.3 is 28.5 Å². The number of hydrogen-bond acceptors (Lipinski definition) is 7. The maximum absolute atomic E-state index is 13.0. The molecule has 0 fully saturated rings. The van der Waals surface area contributed by atoms with Crippen molar-refractivity contribution in [2.45, 2.75) is 386 Å². The van der Waals surface area contributed by atoms with Crippen LogP contribution in [0.3, 0.4) is 0 Å². The molecule has 550 valence electrons. The van der Waals surface area contributed by atoms with Crippen molar-refractivity contribution < 1.29 is 42.9 Å². The molecular weight excluding hydrogens is 1170 g/mol. The fourth-order valence-corrected chi connectivity index (χ4v) is 11.7. The largest absolute Gasteiger partial charge is 0.477 e. The van der Waals surface area contributed by atoms with Gasteiger partial charge in [-0.15, -0.1) is 0 Å². The SMILES string of the molecule is CC/C=C\C/C=C\C/C=C\C/C=C\C/C=C\C/C=C\CCCCCCCCCCCCCCCCC(=O)OC(COC(=O)CCCCCCCCCCCCCCCCCCCCCCCCCCC/C=C\C/C=C\CCCCCCC)COC(OCC[N+](C)(C)C)C(=O)O. The minimum absolute atomic E-state index is 0.181. The van der Waals surface area contributed by atoms with Crippen LogP contribution in [0.15, 0.2) is 97.2 Å². The number of unbranched alkanes of at least 4 members (excludes halogenated alkanes) is 44. The zero-order valence-corrected chi connectivity index (χ0v) is 63.1. The van der Waals surface area contributed by atoms with Crippen LogP contribution in [0.4, 0.5) is 0 Å². The number of carboxylic acids is 1. The monoisotopic (exact) mass is 1330 g/mol. The van der Waals surface area contributed by atoms with E-state index in [0.717, 1.165) is 83.5 Å². The van der Waals surface area contributed by atoms with Crippen LogP contribution >= 0.6 is 0 Å². The van der Waals surface area contributed by atoms with E-state index in [4.69, 9.17) is 18.9 Å². The van der Waals surface area contributed by atoms with Crippen molar-refractivity contribution in [1.82, 2.24) is 0 Å². The number of hydrogen-bond donors (Lipinski definition) is 1. The Bertz CT molecular complexity index is 1890. The van der Waals surface area contributed by atoms with Crippen LogP contribution < -0.4 is 0 Å². The number of carbonyl (C=O) groups is 3. The number of likely N-dealkylation sites (N-methyl/N-ethyl adjacent to an activating group) is 1. The van der Waals surface area contributed by atoms with Gasteiger partial charge >= 0.3 is 17.9 Å². The maximum Gasteiger partial charge on any atom is 0.361 e. The number of quaternary nitrogens is 1. The first-order valence-corrected chi connectivity index (χ1v) is 40.4. The highest BCUT2D eigenvalue weighted by atomic mass is 16.7. The first kappa shape index (κ1) is 91.2. The Morgan fingerprint density at radius 2 is 0.600 bits per heavy atom. The second-order valence-electron chi connectivity index (χ2n) is 28.3. The smallest absolute Gasteiger partial charge is 0.361 e. The van der Waals surface area contributed by atoms with Gasteiger partial charge in [-0.3, -0.25) is 9.59 Å². The third-order valence-electron chi connectivity index (χ3n) is 17.8. The average Bonchev–Trinajstić information content (AvgIpc) is 3.75. The molecule has 2 unspecified atom stereocenters. The van der Waals surface area contributed by atoms with Gasteiger partial charge in [0, 0.05) is 12.8 Å². The normalized spacial score (nSPS) is 13.1. The summed E-state index contributed by atoms with van der Waals surface area (Å²) in [5.74, 6) is -1.99. The molecule has 0 spiro atoms. The third-order valence-corrected chi connectivity index (χ3v) is 17.8. The van der Waals surface area contributed by atoms with Gasteiger partial charge in [0.2, 0.25) is 0 Å². The lowest BCUT2D eigenvalue weighted by Gasteiger charge is -2.25. The molecule has 9 heteroatoms. The lowest BCUT2D eigenvalue weighted by Crippen LogP contribution is -2.40. The van der Waals surface area contributed by atoms with E-state index < -0.39 is 24.3 Å². The molecule has 9 nitrogen and oxygen atoms in total. The van der Waals surface area contributed by atoms with E-state index in [0.29, 0.717) is 17.4 Å². The predicted octanol–water partition coefficient (Wildman–Crippen LogP) is 25.9. The van der Waals surface area contributed by atoms with Crippen molar-refractivity contribution in [2.24, 2.45) is 0 Å². The van der Waals surface area contributed by atoms with Crippen LogP contribution in [0.5, 0.6) is 0 Å². The van der Waals surface area contributed by atoms with Gasteiger partial charge in [0.15, 0.2) is 6.10 Å². The molecule has 0 amide bonds. The van der Waals surface area contributed by atoms with Crippen LogP contribution in [0.1, 0.15) is 373 Å². The van der Waals surface area contributed by atoms with Crippen LogP contribution in [0, 0.1) is 0 Å². The number of carboxylic acid groups (broad SMARTS) is 1. The molecule has 0 saturated heterocycles. The summed E-state index contributed by atoms with van der Waals surface area (Å²) >= 11 is 0. The van der Waals surface area contributed by atoms with E-state index in [-0.39, 0.29) is 32.2 Å². The van der Waals surface area contributed by atoms with Crippen molar-refractivity contribution in [3.8, 4) is 0 Å². The Hall–Kier alpha value is -3.79. The lowest BCUT2D eigenvalue weighted by atomic mass is 10.0. The number of allylic oxidation sites excluding steroid dienone is 16. The molecule has 0 aliphatic rings. The molecule has 0 aromatic heterocycles. The Morgan fingerprint density at radius 1 is 0.326 bits per heavy atom. The molecule has 0 rings (SSSR count). The molecule has 0 aliphatic carbocycles. The standard InChI is InChI=1S/C86H153NO8/c1-6-8-10-12-14-16-18-20-22-24-26-28-30-32-34-36-38-40-41-42-43-45-46-48-50-52-54-56-58-60-62-64-66-68-70-72-74-76-83(88)93-80-82(81-94-86(85(90)91)92-79-78-87(3,4)5)95-84(89)77-75-73-71-69-67-65-63-61-59-57-55-53-51-49-47-44-39-37-35-33-31-29-27-25-23-21-19-17-15-13-11-9-7-2/h9,11,15,17-18,20-21,23-24,26-27,29,33,35,39,44,82,86H,6-8,10,12-14,16,19,22,25,28,30-32,34,36-38,40-43,45-81H2,1-5H3/p+1/b11-9-,17-15-,20-18-,23-21-,26-24-,29-27-,35-33-,44-39-. The van der Waals surface area contributed by atoms with Crippen LogP contribution in [0.25, 0.3) is 0 Å². The van der Waals surface area contributed by atoms with Crippen molar-refractivity contribution in [3.63, 3.8) is 0 Å². The minimum Gasteiger partial charge on any atom is -0.477 e. The third kappa shape index (κ3) is 77.4. The molecular formula is C86H154NO8+. The number of esters is 2. The summed E-state index contributed by atoms with van der Waals surface area (Å²) in [7, 11) is 5.99. The Morgan fingerprint density at radius 3 is 0.895 bits per heavy atom. The van der Waals surface area contributed by atoms with E-state index >= 15 is 0 Å². The maximum atomic E-state index is 13.0. The van der Waals surface area contributed by atoms with Crippen LogP contribution in [-0.2, 0) is 33.3 Å². The highest BCUT2D eigenvalue weighted by molar-refractivity contribution is 5.71. The second kappa shape index (κ2) is 76.0. The Balaban J connectivity index is 4.00. The lowest BCUT2D eigenvalue weighted by molar-refractivity contribution is -0.870. The molecule has 0 heterocycles. The molecule has 95 heavy (non-hydrogen) atoms. The summed E-state index contributed by atoms with van der Waals surface area (Å²) in [6.07, 6.45) is 103. The number of aliphatic carboxylic acids is 1. The van der Waals surface area contributed by atoms with Crippen LogP contribution in [0.2, 0.25) is 0 Å². The number of rotatable bonds is 75. The number of nitrogens with zero attached hydrogens (tertiary/aromatic N) is 1. The molecule has 2 atom stereocenters. The zero-order chi connectivity index (χ0) is 69.0. The summed E-state index contributed by atoms with van der Waals surface area (Å²) in [5, 5.41) is 9.78. The summed E-state index contributed by atoms with van der Waals surface area (Å²) in [6, 6.07) is 0. The van der Waals surface area contributed by atoms with E-state index in [1.54, 1.807) is 0 Å². The first-order valence-electron chi connectivity index (χ1n) is 40.4. The van der Waals surface area contributed by atoms with Gasteiger partial charge in [0.25, 0.3) is 6.29 Å². The molecule has 0 aromatic rings. The molecule has 0 aromatic carbocycles. The summed E-state index contributed by atoms with van der Waals surface area (Å²) in [5.41, 5.74) is 0. The van der Waals surface area contributed by atoms with Gasteiger partial charge in [-0.1, -0.05) is 361 Å². The Labute approximate surface area is 588 Å². The highest BCUT2D eigenvalue weighted by Gasteiger charge is 2.25. The number of carbonyl (C=O) groups excluding carboxylic acids is 2. The molecule has 1 N–H and O–H groups in total. The molecule has 0 bridgehead atoms. The van der Waals surface area contributed by atoms with Crippen molar-refractivity contribution in [1.29, 1.82) is 0 Å². The van der Waals surface area contributed by atoms with E-state index in [9.17, 15) is 19.5 Å². The first-order chi connectivity index (χ1) is 46.6. The van der Waals surface area contributed by atoms with Gasteiger partial charge in [-0.05, 0) is 96.3 Å². The van der Waals surface area contributed by atoms with Crippen molar-refractivity contribution in [3.05, 3.63) is 97.2 Å². The van der Waals surface area contributed by atoms with Crippen molar-refractivity contribution in [2.75, 3.05) is 47.5 Å². The fraction of sp³-hybridized carbons (Fsp3) is 0.779. The second-order valence-corrected chi connectivity index (χ2v) is 28.3. The van der Waals surface area contributed by atoms with Gasteiger partial charge in [0.1, 0.15) is 13.2 Å². The zero-order valence-electron chi connectivity index (χ0n) is 63.1. The highest BCUT2D eigenvalue weighted by Crippen LogP contribution is 2.19. The predicted molar refractivity (Wildman–Crippen MR) is 410 cm³/mol. The van der Waals surface area contributed by atoms with Crippen molar-refractivity contribution >= 4 is 17.9 Å². The van der Waals surface area contributed by atoms with Gasteiger partial charge in [-0.25, -0.2) is 4.79 Å². The Kier molecular flexibility index (Phi) is 72.9. The molecule has 0 aliphatic heterocycles. The summed E-state index contributed by atoms with van der Waals surface area (Å²) in [6.45, 7) is 4.80. The van der Waals surface area contributed by atoms with E-state index in [2.05, 4.69) is 111 Å². The molecule has 0 radical (unpaired) electrons. The van der Waals surface area contributed by atoms with Crippen LogP contribution in [-0.4, -0.2) is 87.4 Å². The fourth-order valence-electron chi connectivity index (χ4n) is 11.7. The summed E-state index contributed by atoms with van der Waals surface area (Å²) < 4.78 is 23.1. The van der Waals surface area contributed by atoms with E-state index in [1.807, 2.05) is 21.1 Å². The minimum atomic E-state index is -1.51.